The number of piperazine rings is 1. The van der Waals surface area contributed by atoms with E-state index in [1.165, 1.54) is 0 Å². The lowest BCUT2D eigenvalue weighted by atomic mass is 10.1. The summed E-state index contributed by atoms with van der Waals surface area (Å²) in [5, 5.41) is 7.78. The Morgan fingerprint density at radius 2 is 1.89 bits per heavy atom. The molecule has 0 bridgehead atoms. The molecule has 2 fully saturated rings. The van der Waals surface area contributed by atoms with Gasteiger partial charge in [0.15, 0.2) is 9.84 Å². The molecule has 1 unspecified atom stereocenters. The van der Waals surface area contributed by atoms with Crippen molar-refractivity contribution in [2.24, 2.45) is 0 Å². The minimum absolute atomic E-state index is 0.137. The van der Waals surface area contributed by atoms with Gasteiger partial charge in [0, 0.05) is 26.2 Å². The summed E-state index contributed by atoms with van der Waals surface area (Å²) in [6.45, 7) is 2.70. The quantitative estimate of drug-likeness (QED) is 0.646. The molecule has 1 atom stereocenters. The molecule has 1 amide bonds. The van der Waals surface area contributed by atoms with Gasteiger partial charge in [-0.25, -0.2) is 8.42 Å². The van der Waals surface area contributed by atoms with Gasteiger partial charge in [0.25, 0.3) is 0 Å². The van der Waals surface area contributed by atoms with Crippen LogP contribution in [0, 0.1) is 11.3 Å². The molecule has 0 aromatic rings. The Bertz CT molecular complexity index is 475. The molecule has 0 aromatic heterocycles. The van der Waals surface area contributed by atoms with E-state index < -0.39 is 15.1 Å². The lowest BCUT2D eigenvalue weighted by molar-refractivity contribution is -0.132. The van der Waals surface area contributed by atoms with Crippen molar-refractivity contribution in [2.45, 2.75) is 24.5 Å². The lowest BCUT2D eigenvalue weighted by Gasteiger charge is -2.35. The number of hydrogen-bond acceptors (Lipinski definition) is 5. The van der Waals surface area contributed by atoms with Gasteiger partial charge in [-0.15, -0.1) is 0 Å². The predicted molar refractivity (Wildman–Crippen MR) is 70.1 cm³/mol. The first-order chi connectivity index (χ1) is 9.04. The van der Waals surface area contributed by atoms with Gasteiger partial charge in [-0.1, -0.05) is 6.42 Å². The molecule has 0 N–H and O–H groups in total. The standard InChI is InChI=1S/C12H19N3O3S/c13-4-5-14-6-8-15(9-7-14)12(16)11-3-1-2-10-19(11,17)18/h11H,1-3,5-10H2. The Balaban J connectivity index is 1.96. The van der Waals surface area contributed by atoms with Crippen LogP contribution in [0.15, 0.2) is 0 Å². The molecular weight excluding hydrogens is 266 g/mol. The fraction of sp³-hybridized carbons (Fsp3) is 0.833. The number of sulfone groups is 1. The van der Waals surface area contributed by atoms with Crippen LogP contribution in [-0.2, 0) is 14.6 Å². The molecule has 2 saturated heterocycles. The highest BCUT2D eigenvalue weighted by molar-refractivity contribution is 7.92. The Morgan fingerprint density at radius 3 is 2.47 bits per heavy atom. The topological polar surface area (TPSA) is 81.5 Å². The first kappa shape index (κ1) is 14.3. The summed E-state index contributed by atoms with van der Waals surface area (Å²) in [6, 6.07) is 2.08. The molecule has 6 nitrogen and oxygen atoms in total. The van der Waals surface area contributed by atoms with Crippen LogP contribution in [0.25, 0.3) is 0 Å². The van der Waals surface area contributed by atoms with Crippen molar-refractivity contribution < 1.29 is 13.2 Å². The molecule has 0 spiro atoms. The maximum absolute atomic E-state index is 12.3. The number of amides is 1. The summed E-state index contributed by atoms with van der Waals surface area (Å²) >= 11 is 0. The van der Waals surface area contributed by atoms with Crippen molar-refractivity contribution in [3.05, 3.63) is 0 Å². The van der Waals surface area contributed by atoms with Crippen molar-refractivity contribution in [3.8, 4) is 6.07 Å². The molecule has 0 aliphatic carbocycles. The number of nitrogens with zero attached hydrogens (tertiary/aromatic N) is 3. The maximum Gasteiger partial charge on any atom is 0.240 e. The molecule has 0 saturated carbocycles. The highest BCUT2D eigenvalue weighted by Gasteiger charge is 2.38. The summed E-state index contributed by atoms with van der Waals surface area (Å²) in [6.07, 6.45) is 1.94. The molecule has 2 heterocycles. The Labute approximate surface area is 113 Å². The van der Waals surface area contributed by atoms with Crippen LogP contribution < -0.4 is 0 Å². The van der Waals surface area contributed by atoms with Gasteiger partial charge < -0.3 is 4.90 Å². The van der Waals surface area contributed by atoms with E-state index in [4.69, 9.17) is 5.26 Å². The molecular formula is C12H19N3O3S. The van der Waals surface area contributed by atoms with Crippen molar-refractivity contribution in [2.75, 3.05) is 38.5 Å². The third kappa shape index (κ3) is 3.25. The minimum atomic E-state index is -3.25. The van der Waals surface area contributed by atoms with E-state index in [1.54, 1.807) is 4.90 Å². The van der Waals surface area contributed by atoms with Crippen LogP contribution in [0.3, 0.4) is 0 Å². The second-order valence-electron chi connectivity index (χ2n) is 5.11. The average Bonchev–Trinajstić information content (AvgIpc) is 2.39. The van der Waals surface area contributed by atoms with Gasteiger partial charge in [-0.3, -0.25) is 9.69 Å². The Kier molecular flexibility index (Phi) is 4.42. The van der Waals surface area contributed by atoms with Crippen LogP contribution in [0.4, 0.5) is 0 Å². The third-order valence-corrected chi connectivity index (χ3v) is 5.99. The van der Waals surface area contributed by atoms with E-state index in [9.17, 15) is 13.2 Å². The molecule has 106 valence electrons. The monoisotopic (exact) mass is 285 g/mol. The Morgan fingerprint density at radius 1 is 1.21 bits per heavy atom. The van der Waals surface area contributed by atoms with E-state index in [1.807, 2.05) is 4.90 Å². The van der Waals surface area contributed by atoms with Crippen LogP contribution in [-0.4, -0.2) is 67.9 Å². The summed E-state index contributed by atoms with van der Waals surface area (Å²) in [7, 11) is -3.25. The summed E-state index contributed by atoms with van der Waals surface area (Å²) in [4.78, 5) is 15.9. The number of carbonyl (C=O) groups excluding carboxylic acids is 1. The smallest absolute Gasteiger partial charge is 0.240 e. The van der Waals surface area contributed by atoms with E-state index in [0.29, 0.717) is 45.6 Å². The normalized spacial score (nSPS) is 27.7. The lowest BCUT2D eigenvalue weighted by Crippen LogP contribution is -2.53. The first-order valence-corrected chi connectivity index (χ1v) is 8.36. The fourth-order valence-electron chi connectivity index (χ4n) is 2.66. The number of carbonyl (C=O) groups is 1. The summed E-state index contributed by atoms with van der Waals surface area (Å²) in [5.74, 6) is -0.103. The van der Waals surface area contributed by atoms with E-state index in [0.717, 1.165) is 6.42 Å². The maximum atomic E-state index is 12.3. The van der Waals surface area contributed by atoms with Crippen LogP contribution in [0.2, 0.25) is 0 Å². The van der Waals surface area contributed by atoms with Crippen molar-refractivity contribution in [1.29, 1.82) is 5.26 Å². The second-order valence-corrected chi connectivity index (χ2v) is 7.41. The van der Waals surface area contributed by atoms with Crippen molar-refractivity contribution in [3.63, 3.8) is 0 Å². The zero-order chi connectivity index (χ0) is 13.9. The highest BCUT2D eigenvalue weighted by atomic mass is 32.2. The average molecular weight is 285 g/mol. The van der Waals surface area contributed by atoms with Gasteiger partial charge >= 0.3 is 0 Å². The van der Waals surface area contributed by atoms with Crippen molar-refractivity contribution >= 4 is 15.7 Å². The molecule has 0 radical (unpaired) electrons. The predicted octanol–water partition coefficient (Wildman–Crippen LogP) is -0.379. The van der Waals surface area contributed by atoms with Gasteiger partial charge in [0.05, 0.1) is 18.4 Å². The van der Waals surface area contributed by atoms with Crippen molar-refractivity contribution in [1.82, 2.24) is 9.80 Å². The molecule has 2 aliphatic heterocycles. The van der Waals surface area contributed by atoms with E-state index >= 15 is 0 Å². The zero-order valence-electron chi connectivity index (χ0n) is 10.9. The minimum Gasteiger partial charge on any atom is -0.339 e. The third-order valence-electron chi connectivity index (χ3n) is 3.83. The fourth-order valence-corrected chi connectivity index (χ4v) is 4.53. The van der Waals surface area contributed by atoms with E-state index in [-0.39, 0.29) is 11.7 Å². The van der Waals surface area contributed by atoms with Crippen LogP contribution in [0.1, 0.15) is 19.3 Å². The van der Waals surface area contributed by atoms with E-state index in [2.05, 4.69) is 6.07 Å². The van der Waals surface area contributed by atoms with Crippen LogP contribution in [0.5, 0.6) is 0 Å². The number of rotatable bonds is 2. The molecule has 2 rings (SSSR count). The van der Waals surface area contributed by atoms with Gasteiger partial charge in [0.2, 0.25) is 5.91 Å². The van der Waals surface area contributed by atoms with Gasteiger partial charge in [-0.05, 0) is 12.8 Å². The largest absolute Gasteiger partial charge is 0.339 e. The first-order valence-electron chi connectivity index (χ1n) is 6.64. The number of hydrogen-bond donors (Lipinski definition) is 0. The molecule has 0 aromatic carbocycles. The molecule has 19 heavy (non-hydrogen) atoms. The highest BCUT2D eigenvalue weighted by Crippen LogP contribution is 2.22. The van der Waals surface area contributed by atoms with Gasteiger partial charge in [-0.2, -0.15) is 5.26 Å². The Hall–Kier alpha value is -1.13. The zero-order valence-corrected chi connectivity index (χ0v) is 11.7. The summed E-state index contributed by atoms with van der Waals surface area (Å²) in [5.41, 5.74) is 0. The second kappa shape index (κ2) is 5.88. The van der Waals surface area contributed by atoms with Gasteiger partial charge in [0.1, 0.15) is 5.25 Å². The SMILES string of the molecule is N#CCN1CCN(C(=O)C2CCCCS2(=O)=O)CC1. The van der Waals surface area contributed by atoms with Crippen LogP contribution >= 0.6 is 0 Å². The summed E-state index contributed by atoms with van der Waals surface area (Å²) < 4.78 is 23.9. The molecule has 7 heteroatoms. The number of nitriles is 1. The molecule has 2 aliphatic rings.